The highest BCUT2D eigenvalue weighted by Gasteiger charge is 2.16. The Bertz CT molecular complexity index is 639. The monoisotopic (exact) mass is 298 g/mol. The fraction of sp³-hybridized carbons (Fsp3) is 0.235. The number of esters is 1. The zero-order valence-corrected chi connectivity index (χ0v) is 12.6. The van der Waals surface area contributed by atoms with Crippen molar-refractivity contribution >= 4 is 17.7 Å². The molecule has 2 aromatic rings. The summed E-state index contributed by atoms with van der Waals surface area (Å²) in [5, 5.41) is 2.71. The van der Waals surface area contributed by atoms with Crippen molar-refractivity contribution in [2.24, 2.45) is 0 Å². The first-order valence-corrected chi connectivity index (χ1v) is 7.10. The molecule has 0 aliphatic heterocycles. The topological polar surface area (TPSA) is 68.3 Å². The predicted octanol–water partition coefficient (Wildman–Crippen LogP) is 3.00. The lowest BCUT2D eigenvalue weighted by Gasteiger charge is -2.11. The second-order valence-corrected chi connectivity index (χ2v) is 4.77. The third kappa shape index (κ3) is 3.91. The fourth-order valence-corrected chi connectivity index (χ4v) is 1.92. The van der Waals surface area contributed by atoms with E-state index in [4.69, 9.17) is 4.74 Å². The van der Waals surface area contributed by atoms with Crippen molar-refractivity contribution in [2.75, 3.05) is 11.9 Å². The first-order valence-electron chi connectivity index (χ1n) is 7.10. The van der Waals surface area contributed by atoms with E-state index in [0.29, 0.717) is 18.0 Å². The summed E-state index contributed by atoms with van der Waals surface area (Å²) in [6, 6.07) is 12.3. The minimum Gasteiger partial charge on any atom is -0.466 e. The molecule has 0 fully saturated rings. The van der Waals surface area contributed by atoms with Crippen LogP contribution in [-0.4, -0.2) is 23.5 Å². The fourth-order valence-electron chi connectivity index (χ4n) is 1.92. The van der Waals surface area contributed by atoms with Gasteiger partial charge in [-0.05, 0) is 37.6 Å². The average Bonchev–Trinajstić information content (AvgIpc) is 2.56. The number of pyridine rings is 1. The van der Waals surface area contributed by atoms with Crippen LogP contribution in [0.1, 0.15) is 35.7 Å². The lowest BCUT2D eigenvalue weighted by molar-refractivity contribution is -0.144. The summed E-state index contributed by atoms with van der Waals surface area (Å²) in [6.45, 7) is 3.88. The van der Waals surface area contributed by atoms with Crippen LogP contribution < -0.4 is 5.32 Å². The van der Waals surface area contributed by atoms with Gasteiger partial charge in [-0.15, -0.1) is 0 Å². The molecule has 0 bridgehead atoms. The molecule has 1 N–H and O–H groups in total. The van der Waals surface area contributed by atoms with E-state index in [1.165, 1.54) is 0 Å². The molecule has 0 saturated heterocycles. The van der Waals surface area contributed by atoms with Crippen molar-refractivity contribution < 1.29 is 14.3 Å². The Morgan fingerprint density at radius 2 is 1.91 bits per heavy atom. The lowest BCUT2D eigenvalue weighted by Crippen LogP contribution is -2.15. The Morgan fingerprint density at radius 1 is 1.18 bits per heavy atom. The normalized spacial score (nSPS) is 11.5. The number of benzene rings is 1. The molecule has 5 heteroatoms. The number of carbonyl (C=O) groups excluding carboxylic acids is 2. The SMILES string of the molecule is CCOC(=O)C(C)c1ccc(NC(=O)c2ccccc2)nc1. The molecule has 1 unspecified atom stereocenters. The maximum Gasteiger partial charge on any atom is 0.313 e. The van der Waals surface area contributed by atoms with Gasteiger partial charge in [-0.2, -0.15) is 0 Å². The number of aromatic nitrogens is 1. The van der Waals surface area contributed by atoms with E-state index in [-0.39, 0.29) is 17.8 Å². The Balaban J connectivity index is 2.03. The van der Waals surface area contributed by atoms with E-state index < -0.39 is 0 Å². The predicted molar refractivity (Wildman–Crippen MR) is 83.7 cm³/mol. The van der Waals surface area contributed by atoms with Gasteiger partial charge in [0.2, 0.25) is 0 Å². The summed E-state index contributed by atoms with van der Waals surface area (Å²) in [6.07, 6.45) is 1.57. The minimum absolute atomic E-state index is 0.223. The van der Waals surface area contributed by atoms with Gasteiger partial charge in [-0.25, -0.2) is 4.98 Å². The molecule has 114 valence electrons. The molecule has 1 heterocycles. The number of hydrogen-bond acceptors (Lipinski definition) is 4. The van der Waals surface area contributed by atoms with Gasteiger partial charge in [0.1, 0.15) is 5.82 Å². The van der Waals surface area contributed by atoms with Crippen LogP contribution in [0.2, 0.25) is 0 Å². The summed E-state index contributed by atoms with van der Waals surface area (Å²) in [7, 11) is 0. The van der Waals surface area contributed by atoms with Gasteiger partial charge in [0.25, 0.3) is 5.91 Å². The number of hydrogen-bond donors (Lipinski definition) is 1. The first kappa shape index (κ1) is 15.7. The highest BCUT2D eigenvalue weighted by atomic mass is 16.5. The van der Waals surface area contributed by atoms with Crippen LogP contribution >= 0.6 is 0 Å². The van der Waals surface area contributed by atoms with Gasteiger partial charge in [-0.3, -0.25) is 9.59 Å². The summed E-state index contributed by atoms with van der Waals surface area (Å²) >= 11 is 0. The van der Waals surface area contributed by atoms with Crippen LogP contribution in [0.3, 0.4) is 0 Å². The standard InChI is InChI=1S/C17H18N2O3/c1-3-22-17(21)12(2)14-9-10-15(18-11-14)19-16(20)13-7-5-4-6-8-13/h4-12H,3H2,1-2H3,(H,18,19,20). The molecular weight excluding hydrogens is 280 g/mol. The number of nitrogens with one attached hydrogen (secondary N) is 1. The van der Waals surface area contributed by atoms with Crippen molar-refractivity contribution in [3.63, 3.8) is 0 Å². The second kappa shape index (κ2) is 7.36. The largest absolute Gasteiger partial charge is 0.466 e. The third-order valence-electron chi connectivity index (χ3n) is 3.20. The van der Waals surface area contributed by atoms with Crippen LogP contribution in [0.15, 0.2) is 48.7 Å². The summed E-state index contributed by atoms with van der Waals surface area (Å²) in [5.41, 5.74) is 1.31. The zero-order chi connectivity index (χ0) is 15.9. The number of amides is 1. The van der Waals surface area contributed by atoms with Gasteiger partial charge in [0.15, 0.2) is 0 Å². The molecule has 0 aliphatic rings. The molecule has 0 aliphatic carbocycles. The van der Waals surface area contributed by atoms with Gasteiger partial charge in [0.05, 0.1) is 12.5 Å². The highest BCUT2D eigenvalue weighted by Crippen LogP contribution is 2.17. The van der Waals surface area contributed by atoms with E-state index >= 15 is 0 Å². The van der Waals surface area contributed by atoms with E-state index in [2.05, 4.69) is 10.3 Å². The van der Waals surface area contributed by atoms with Crippen LogP contribution in [0.5, 0.6) is 0 Å². The summed E-state index contributed by atoms with van der Waals surface area (Å²) < 4.78 is 4.97. The smallest absolute Gasteiger partial charge is 0.313 e. The maximum atomic E-state index is 12.0. The molecular formula is C17H18N2O3. The van der Waals surface area contributed by atoms with Gasteiger partial charge in [-0.1, -0.05) is 24.3 Å². The molecule has 0 radical (unpaired) electrons. The van der Waals surface area contributed by atoms with Crippen molar-refractivity contribution in [1.29, 1.82) is 0 Å². The molecule has 1 aromatic carbocycles. The van der Waals surface area contributed by atoms with Gasteiger partial charge >= 0.3 is 5.97 Å². The molecule has 1 aromatic heterocycles. The molecule has 1 amide bonds. The summed E-state index contributed by atoms with van der Waals surface area (Å²) in [5.74, 6) is -0.454. The molecule has 0 spiro atoms. The number of carbonyl (C=O) groups is 2. The first-order chi connectivity index (χ1) is 10.6. The number of nitrogens with zero attached hydrogens (tertiary/aromatic N) is 1. The van der Waals surface area contributed by atoms with Crippen LogP contribution in [-0.2, 0) is 9.53 Å². The van der Waals surface area contributed by atoms with Crippen molar-refractivity contribution in [3.8, 4) is 0 Å². The van der Waals surface area contributed by atoms with E-state index in [9.17, 15) is 9.59 Å². The van der Waals surface area contributed by atoms with Crippen molar-refractivity contribution in [2.45, 2.75) is 19.8 Å². The van der Waals surface area contributed by atoms with Crippen molar-refractivity contribution in [1.82, 2.24) is 4.98 Å². The molecule has 2 rings (SSSR count). The Hall–Kier alpha value is -2.69. The second-order valence-electron chi connectivity index (χ2n) is 4.77. The number of rotatable bonds is 5. The van der Waals surface area contributed by atoms with Crippen LogP contribution in [0.25, 0.3) is 0 Å². The van der Waals surface area contributed by atoms with E-state index in [1.54, 1.807) is 56.4 Å². The number of ether oxygens (including phenoxy) is 1. The van der Waals surface area contributed by atoms with Gasteiger partial charge < -0.3 is 10.1 Å². The zero-order valence-electron chi connectivity index (χ0n) is 12.6. The maximum absolute atomic E-state index is 12.0. The minimum atomic E-state index is -0.383. The van der Waals surface area contributed by atoms with Crippen LogP contribution in [0, 0.1) is 0 Å². The molecule has 0 saturated carbocycles. The molecule has 5 nitrogen and oxygen atoms in total. The third-order valence-corrected chi connectivity index (χ3v) is 3.20. The highest BCUT2D eigenvalue weighted by molar-refractivity contribution is 6.03. The Kier molecular flexibility index (Phi) is 5.25. The van der Waals surface area contributed by atoms with Crippen molar-refractivity contribution in [3.05, 3.63) is 59.8 Å². The lowest BCUT2D eigenvalue weighted by atomic mass is 10.0. The molecule has 1 atom stereocenters. The Morgan fingerprint density at radius 3 is 2.50 bits per heavy atom. The number of anilines is 1. The van der Waals surface area contributed by atoms with Crippen LogP contribution in [0.4, 0.5) is 5.82 Å². The average molecular weight is 298 g/mol. The van der Waals surface area contributed by atoms with E-state index in [1.807, 2.05) is 6.07 Å². The quantitative estimate of drug-likeness (QED) is 0.862. The van der Waals surface area contributed by atoms with E-state index in [0.717, 1.165) is 5.56 Å². The van der Waals surface area contributed by atoms with Gasteiger partial charge in [0, 0.05) is 11.8 Å². The summed E-state index contributed by atoms with van der Waals surface area (Å²) in [4.78, 5) is 27.8. The Labute approximate surface area is 129 Å². The molecule has 22 heavy (non-hydrogen) atoms.